The second-order valence-corrected chi connectivity index (χ2v) is 4.67. The van der Waals surface area contributed by atoms with Crippen molar-refractivity contribution in [1.29, 1.82) is 0 Å². The molecule has 0 aromatic heterocycles. The Hall–Kier alpha value is 0.400. The SMILES string of the molecule is COCCN(CCCCCBr)C(C)C. The summed E-state index contributed by atoms with van der Waals surface area (Å²) in [6.07, 6.45) is 3.91. The molecular formula is C11H24BrNO. The molecule has 0 aromatic rings. The fraction of sp³-hybridized carbons (Fsp3) is 1.00. The topological polar surface area (TPSA) is 12.5 Å². The molecule has 0 radical (unpaired) electrons. The largest absolute Gasteiger partial charge is 0.383 e. The van der Waals surface area contributed by atoms with Crippen molar-refractivity contribution in [1.82, 2.24) is 4.90 Å². The summed E-state index contributed by atoms with van der Waals surface area (Å²) < 4.78 is 5.10. The molecule has 2 nitrogen and oxygen atoms in total. The van der Waals surface area contributed by atoms with Crippen molar-refractivity contribution in [3.8, 4) is 0 Å². The van der Waals surface area contributed by atoms with Crippen LogP contribution in [0.2, 0.25) is 0 Å². The van der Waals surface area contributed by atoms with Crippen LogP contribution >= 0.6 is 15.9 Å². The summed E-state index contributed by atoms with van der Waals surface area (Å²) in [5, 5.41) is 1.13. The lowest BCUT2D eigenvalue weighted by atomic mass is 10.2. The van der Waals surface area contributed by atoms with Gasteiger partial charge in [-0.1, -0.05) is 22.4 Å². The Morgan fingerprint density at radius 1 is 1.14 bits per heavy atom. The first-order valence-electron chi connectivity index (χ1n) is 5.51. The van der Waals surface area contributed by atoms with E-state index in [4.69, 9.17) is 4.74 Å². The number of alkyl halides is 1. The van der Waals surface area contributed by atoms with Gasteiger partial charge in [-0.15, -0.1) is 0 Å². The van der Waals surface area contributed by atoms with E-state index < -0.39 is 0 Å². The molecular weight excluding hydrogens is 242 g/mol. The van der Waals surface area contributed by atoms with Crippen molar-refractivity contribution >= 4 is 15.9 Å². The average Bonchev–Trinajstić information content (AvgIpc) is 2.16. The predicted molar refractivity (Wildman–Crippen MR) is 66.2 cm³/mol. The van der Waals surface area contributed by atoms with Gasteiger partial charge < -0.3 is 4.74 Å². The smallest absolute Gasteiger partial charge is 0.0589 e. The van der Waals surface area contributed by atoms with Crippen molar-refractivity contribution in [2.45, 2.75) is 39.2 Å². The van der Waals surface area contributed by atoms with Crippen molar-refractivity contribution in [3.63, 3.8) is 0 Å². The minimum Gasteiger partial charge on any atom is -0.383 e. The molecule has 0 rings (SSSR count). The van der Waals surface area contributed by atoms with Crippen molar-refractivity contribution in [2.24, 2.45) is 0 Å². The van der Waals surface area contributed by atoms with Crippen LogP contribution in [-0.2, 0) is 4.74 Å². The molecule has 0 N–H and O–H groups in total. The molecule has 0 aliphatic carbocycles. The van der Waals surface area contributed by atoms with Gasteiger partial charge in [0.1, 0.15) is 0 Å². The Morgan fingerprint density at radius 3 is 2.36 bits per heavy atom. The van der Waals surface area contributed by atoms with E-state index in [1.165, 1.54) is 25.8 Å². The molecule has 0 bridgehead atoms. The van der Waals surface area contributed by atoms with E-state index in [1.807, 2.05) is 0 Å². The van der Waals surface area contributed by atoms with E-state index in [0.717, 1.165) is 18.5 Å². The van der Waals surface area contributed by atoms with Crippen LogP contribution in [0.15, 0.2) is 0 Å². The van der Waals surface area contributed by atoms with E-state index in [2.05, 4.69) is 34.7 Å². The number of unbranched alkanes of at least 4 members (excludes halogenated alkanes) is 2. The second kappa shape index (κ2) is 9.94. The third-order valence-corrected chi connectivity index (χ3v) is 2.95. The molecule has 3 heteroatoms. The molecule has 0 unspecified atom stereocenters. The third-order valence-electron chi connectivity index (χ3n) is 2.39. The second-order valence-electron chi connectivity index (χ2n) is 3.87. The highest BCUT2D eigenvalue weighted by atomic mass is 79.9. The normalized spacial score (nSPS) is 11.6. The van der Waals surface area contributed by atoms with Crippen molar-refractivity contribution < 1.29 is 4.74 Å². The highest BCUT2D eigenvalue weighted by Gasteiger charge is 2.07. The van der Waals surface area contributed by atoms with Crippen LogP contribution in [0.5, 0.6) is 0 Å². The van der Waals surface area contributed by atoms with Crippen LogP contribution in [-0.4, -0.2) is 43.1 Å². The molecule has 0 aliphatic rings. The number of rotatable bonds is 9. The van der Waals surface area contributed by atoms with Crippen LogP contribution in [0.4, 0.5) is 0 Å². The number of ether oxygens (including phenoxy) is 1. The summed E-state index contributed by atoms with van der Waals surface area (Å²) in [6, 6.07) is 0.633. The van der Waals surface area contributed by atoms with Crippen molar-refractivity contribution in [3.05, 3.63) is 0 Å². The molecule has 0 saturated carbocycles. The zero-order valence-electron chi connectivity index (χ0n) is 9.76. The number of nitrogens with zero attached hydrogens (tertiary/aromatic N) is 1. The molecule has 0 atom stereocenters. The summed E-state index contributed by atoms with van der Waals surface area (Å²) in [5.41, 5.74) is 0. The maximum Gasteiger partial charge on any atom is 0.0589 e. The van der Waals surface area contributed by atoms with Gasteiger partial charge in [0, 0.05) is 25.0 Å². The average molecular weight is 266 g/mol. The molecule has 0 saturated heterocycles. The first-order valence-corrected chi connectivity index (χ1v) is 6.63. The quantitative estimate of drug-likeness (QED) is 0.470. The highest BCUT2D eigenvalue weighted by molar-refractivity contribution is 9.09. The van der Waals surface area contributed by atoms with Gasteiger partial charge in [0.05, 0.1) is 6.61 Å². The van der Waals surface area contributed by atoms with Gasteiger partial charge in [-0.25, -0.2) is 0 Å². The van der Waals surface area contributed by atoms with E-state index in [-0.39, 0.29) is 0 Å². The summed E-state index contributed by atoms with van der Waals surface area (Å²) in [6.45, 7) is 7.60. The van der Waals surface area contributed by atoms with Gasteiger partial charge in [-0.3, -0.25) is 4.90 Å². The number of halogens is 1. The van der Waals surface area contributed by atoms with E-state index >= 15 is 0 Å². The van der Waals surface area contributed by atoms with E-state index in [9.17, 15) is 0 Å². The summed E-state index contributed by atoms with van der Waals surface area (Å²) in [7, 11) is 1.77. The Morgan fingerprint density at radius 2 is 1.86 bits per heavy atom. The molecule has 14 heavy (non-hydrogen) atoms. The molecule has 0 aromatic carbocycles. The third kappa shape index (κ3) is 7.77. The van der Waals surface area contributed by atoms with Crippen molar-refractivity contribution in [2.75, 3.05) is 32.1 Å². The maximum absolute atomic E-state index is 5.10. The van der Waals surface area contributed by atoms with Crippen LogP contribution in [0, 0.1) is 0 Å². The number of hydrogen-bond donors (Lipinski definition) is 0. The predicted octanol–water partition coefficient (Wildman–Crippen LogP) is 2.91. The van der Waals surface area contributed by atoms with Gasteiger partial charge in [0.2, 0.25) is 0 Å². The molecule has 0 spiro atoms. The highest BCUT2D eigenvalue weighted by Crippen LogP contribution is 2.04. The van der Waals surface area contributed by atoms with Gasteiger partial charge >= 0.3 is 0 Å². The monoisotopic (exact) mass is 265 g/mol. The van der Waals surface area contributed by atoms with Gasteiger partial charge in [0.15, 0.2) is 0 Å². The van der Waals surface area contributed by atoms with Gasteiger partial charge in [-0.2, -0.15) is 0 Å². The van der Waals surface area contributed by atoms with E-state index in [0.29, 0.717) is 6.04 Å². The fourth-order valence-corrected chi connectivity index (χ4v) is 1.82. The van der Waals surface area contributed by atoms with Gasteiger partial charge in [0.25, 0.3) is 0 Å². The Kier molecular flexibility index (Phi) is 10.2. The van der Waals surface area contributed by atoms with Crippen LogP contribution in [0.1, 0.15) is 33.1 Å². The summed E-state index contributed by atoms with van der Waals surface area (Å²) >= 11 is 3.45. The molecule has 0 amide bonds. The van der Waals surface area contributed by atoms with Crippen LogP contribution in [0.25, 0.3) is 0 Å². The van der Waals surface area contributed by atoms with E-state index in [1.54, 1.807) is 7.11 Å². The number of methoxy groups -OCH3 is 1. The standard InChI is InChI=1S/C11H24BrNO/c1-11(2)13(9-10-14-3)8-6-4-5-7-12/h11H,4-10H2,1-3H3. The minimum absolute atomic E-state index is 0.633. The fourth-order valence-electron chi connectivity index (χ4n) is 1.42. The van der Waals surface area contributed by atoms with Gasteiger partial charge in [-0.05, 0) is 33.2 Å². The maximum atomic E-state index is 5.10. The Bertz CT molecular complexity index is 120. The summed E-state index contributed by atoms with van der Waals surface area (Å²) in [4.78, 5) is 2.48. The molecule has 0 aliphatic heterocycles. The molecule has 0 fully saturated rings. The van der Waals surface area contributed by atoms with Crippen LogP contribution < -0.4 is 0 Å². The lowest BCUT2D eigenvalue weighted by Crippen LogP contribution is -2.34. The molecule has 0 heterocycles. The zero-order chi connectivity index (χ0) is 10.8. The molecule has 86 valence electrons. The lowest BCUT2D eigenvalue weighted by molar-refractivity contribution is 0.128. The first kappa shape index (κ1) is 14.4. The van der Waals surface area contributed by atoms with Crippen LogP contribution in [0.3, 0.4) is 0 Å². The Balaban J connectivity index is 3.52. The summed E-state index contributed by atoms with van der Waals surface area (Å²) in [5.74, 6) is 0. The number of hydrogen-bond acceptors (Lipinski definition) is 2. The lowest BCUT2D eigenvalue weighted by Gasteiger charge is -2.25. The minimum atomic E-state index is 0.633. The Labute approximate surface area is 97.1 Å². The first-order chi connectivity index (χ1) is 6.72. The zero-order valence-corrected chi connectivity index (χ0v) is 11.3.